The molecule has 138 valence electrons. The largest absolute Gasteiger partial charge is 0.450 e. The van der Waals surface area contributed by atoms with Crippen LogP contribution < -0.4 is 5.32 Å². The Hall–Kier alpha value is -2.83. The number of ether oxygens (including phenoxy) is 1. The number of carbonyl (C=O) groups excluding carboxylic acids is 3. The number of hydrogen-bond donors (Lipinski definition) is 1. The molecule has 0 saturated carbocycles. The molecule has 0 spiro atoms. The normalized spacial score (nSPS) is 17.3. The zero-order valence-electron chi connectivity index (χ0n) is 14.9. The molecular weight excluding hydrogens is 334 g/mol. The summed E-state index contributed by atoms with van der Waals surface area (Å²) in [6.45, 7) is 7.11. The van der Waals surface area contributed by atoms with Crippen molar-refractivity contribution in [1.29, 1.82) is 0 Å². The van der Waals surface area contributed by atoms with Gasteiger partial charge in [-0.1, -0.05) is 24.8 Å². The van der Waals surface area contributed by atoms with Crippen LogP contribution in [0.5, 0.6) is 0 Å². The molecule has 7 heteroatoms. The number of piperidine rings is 1. The van der Waals surface area contributed by atoms with Crippen molar-refractivity contribution in [3.05, 3.63) is 42.0 Å². The van der Waals surface area contributed by atoms with E-state index in [9.17, 15) is 14.4 Å². The van der Waals surface area contributed by atoms with Gasteiger partial charge < -0.3 is 15.0 Å². The Kier molecular flexibility index (Phi) is 5.25. The molecule has 2 aliphatic heterocycles. The highest BCUT2D eigenvalue weighted by molar-refractivity contribution is 6.10. The summed E-state index contributed by atoms with van der Waals surface area (Å²) in [6.07, 6.45) is 1.02. The maximum absolute atomic E-state index is 12.4. The Labute approximate surface area is 152 Å². The molecule has 0 atom stereocenters. The molecule has 1 saturated heterocycles. The predicted octanol–water partition coefficient (Wildman–Crippen LogP) is 1.85. The molecule has 0 aromatic heterocycles. The van der Waals surface area contributed by atoms with Gasteiger partial charge in [0.25, 0.3) is 5.91 Å². The van der Waals surface area contributed by atoms with E-state index in [2.05, 4.69) is 11.9 Å². The molecule has 7 nitrogen and oxygen atoms in total. The molecule has 0 bridgehead atoms. The summed E-state index contributed by atoms with van der Waals surface area (Å²) in [4.78, 5) is 39.6. The van der Waals surface area contributed by atoms with Crippen LogP contribution in [0.1, 0.15) is 35.7 Å². The van der Waals surface area contributed by atoms with Crippen LogP contribution >= 0.6 is 0 Å². The highest BCUT2D eigenvalue weighted by Gasteiger charge is 2.32. The van der Waals surface area contributed by atoms with E-state index in [4.69, 9.17) is 4.74 Å². The molecule has 26 heavy (non-hydrogen) atoms. The molecule has 3 rings (SSSR count). The van der Waals surface area contributed by atoms with E-state index >= 15 is 0 Å². The van der Waals surface area contributed by atoms with Gasteiger partial charge in [-0.3, -0.25) is 14.5 Å². The number of likely N-dealkylation sites (tertiary alicyclic amines) is 1. The monoisotopic (exact) mass is 357 g/mol. The number of fused-ring (bicyclic) bond motifs is 1. The molecule has 1 aromatic rings. The first-order chi connectivity index (χ1) is 12.5. The molecular formula is C19H23N3O4. The van der Waals surface area contributed by atoms with Crippen LogP contribution in [0.2, 0.25) is 0 Å². The van der Waals surface area contributed by atoms with E-state index in [-0.39, 0.29) is 30.5 Å². The molecule has 0 unspecified atom stereocenters. The minimum Gasteiger partial charge on any atom is -0.450 e. The number of carbonyl (C=O) groups is 3. The average molecular weight is 357 g/mol. The minimum atomic E-state index is -0.311. The third-order valence-electron chi connectivity index (χ3n) is 4.73. The van der Waals surface area contributed by atoms with Crippen LogP contribution in [-0.2, 0) is 9.53 Å². The molecule has 2 heterocycles. The summed E-state index contributed by atoms with van der Waals surface area (Å²) in [6, 6.07) is 7.20. The van der Waals surface area contributed by atoms with Crippen molar-refractivity contribution in [2.24, 2.45) is 0 Å². The topological polar surface area (TPSA) is 79.0 Å². The van der Waals surface area contributed by atoms with E-state index in [0.29, 0.717) is 43.8 Å². The van der Waals surface area contributed by atoms with E-state index in [1.807, 2.05) is 12.1 Å². The molecule has 1 N–H and O–H groups in total. The van der Waals surface area contributed by atoms with E-state index in [1.54, 1.807) is 24.0 Å². The predicted molar refractivity (Wildman–Crippen MR) is 96.3 cm³/mol. The SMILES string of the molecule is C=C1c2ccccc2C(=O)N1CC(=O)NC1CCN(C(=O)OCC)CC1. The number of benzene rings is 1. The third kappa shape index (κ3) is 3.56. The number of amides is 3. The van der Waals surface area contributed by atoms with Gasteiger partial charge in [0.15, 0.2) is 0 Å². The van der Waals surface area contributed by atoms with E-state index in [1.165, 1.54) is 4.90 Å². The minimum absolute atomic E-state index is 0.0125. The summed E-state index contributed by atoms with van der Waals surface area (Å²) < 4.78 is 4.99. The zero-order chi connectivity index (χ0) is 18.7. The van der Waals surface area contributed by atoms with Crippen LogP contribution in [0, 0.1) is 0 Å². The van der Waals surface area contributed by atoms with Gasteiger partial charge in [0, 0.05) is 36.0 Å². The Morgan fingerprint density at radius 1 is 1.23 bits per heavy atom. The number of rotatable bonds is 4. The van der Waals surface area contributed by atoms with E-state index in [0.717, 1.165) is 5.56 Å². The lowest BCUT2D eigenvalue weighted by Crippen LogP contribution is -2.48. The molecule has 1 aromatic carbocycles. The lowest BCUT2D eigenvalue weighted by atomic mass is 10.1. The van der Waals surface area contributed by atoms with Gasteiger partial charge in [0.2, 0.25) is 5.91 Å². The quantitative estimate of drug-likeness (QED) is 0.892. The molecule has 0 aliphatic carbocycles. The van der Waals surface area contributed by atoms with Crippen LogP contribution in [0.3, 0.4) is 0 Å². The Morgan fingerprint density at radius 2 is 1.88 bits per heavy atom. The summed E-state index contributed by atoms with van der Waals surface area (Å²) in [5.74, 6) is -0.417. The first-order valence-electron chi connectivity index (χ1n) is 8.82. The first-order valence-corrected chi connectivity index (χ1v) is 8.82. The standard InChI is InChI=1S/C19H23N3O4/c1-3-26-19(25)21-10-8-14(9-11-21)20-17(23)12-22-13(2)15-6-4-5-7-16(15)18(22)24/h4-7,14H,2-3,8-12H2,1H3,(H,20,23). The summed E-state index contributed by atoms with van der Waals surface area (Å²) in [5.41, 5.74) is 1.90. The second kappa shape index (κ2) is 7.59. The van der Waals surface area contributed by atoms with Crippen molar-refractivity contribution >= 4 is 23.6 Å². The highest BCUT2D eigenvalue weighted by atomic mass is 16.6. The van der Waals surface area contributed by atoms with Crippen LogP contribution in [0.4, 0.5) is 4.79 Å². The van der Waals surface area contributed by atoms with Crippen molar-refractivity contribution in [2.75, 3.05) is 26.2 Å². The number of nitrogens with one attached hydrogen (secondary N) is 1. The summed E-state index contributed by atoms with van der Waals surface area (Å²) in [5, 5.41) is 2.95. The molecule has 0 radical (unpaired) electrons. The van der Waals surface area contributed by atoms with Gasteiger partial charge in [-0.05, 0) is 25.8 Å². The average Bonchev–Trinajstić information content (AvgIpc) is 2.88. The second-order valence-corrected chi connectivity index (χ2v) is 6.41. The highest BCUT2D eigenvalue weighted by Crippen LogP contribution is 2.30. The lowest BCUT2D eigenvalue weighted by molar-refractivity contribution is -0.122. The van der Waals surface area contributed by atoms with Gasteiger partial charge in [-0.25, -0.2) is 4.79 Å². The van der Waals surface area contributed by atoms with Gasteiger partial charge in [-0.2, -0.15) is 0 Å². The fourth-order valence-corrected chi connectivity index (χ4v) is 3.34. The van der Waals surface area contributed by atoms with Gasteiger partial charge in [0.05, 0.1) is 6.61 Å². The van der Waals surface area contributed by atoms with E-state index < -0.39 is 0 Å². The number of nitrogens with zero attached hydrogens (tertiary/aromatic N) is 2. The fourth-order valence-electron chi connectivity index (χ4n) is 3.34. The second-order valence-electron chi connectivity index (χ2n) is 6.41. The third-order valence-corrected chi connectivity index (χ3v) is 4.73. The van der Waals surface area contributed by atoms with Gasteiger partial charge in [0.1, 0.15) is 6.54 Å². The molecule has 2 aliphatic rings. The van der Waals surface area contributed by atoms with Crippen LogP contribution in [0.25, 0.3) is 5.70 Å². The Bertz CT molecular complexity index is 703. The van der Waals surface area contributed by atoms with Crippen LogP contribution in [-0.4, -0.2) is 60.0 Å². The maximum atomic E-state index is 12.4. The fraction of sp³-hybridized carbons (Fsp3) is 0.421. The van der Waals surface area contributed by atoms with Gasteiger partial charge in [-0.15, -0.1) is 0 Å². The number of hydrogen-bond acceptors (Lipinski definition) is 4. The zero-order valence-corrected chi connectivity index (χ0v) is 14.9. The smallest absolute Gasteiger partial charge is 0.409 e. The van der Waals surface area contributed by atoms with Crippen molar-refractivity contribution < 1.29 is 19.1 Å². The van der Waals surface area contributed by atoms with Crippen molar-refractivity contribution in [2.45, 2.75) is 25.8 Å². The lowest BCUT2D eigenvalue weighted by Gasteiger charge is -2.32. The Morgan fingerprint density at radius 3 is 2.50 bits per heavy atom. The van der Waals surface area contributed by atoms with Crippen LogP contribution in [0.15, 0.2) is 30.8 Å². The molecule has 3 amide bonds. The molecule has 1 fully saturated rings. The van der Waals surface area contributed by atoms with Crippen molar-refractivity contribution in [3.63, 3.8) is 0 Å². The first kappa shape index (κ1) is 18.0. The van der Waals surface area contributed by atoms with Crippen molar-refractivity contribution in [1.82, 2.24) is 15.1 Å². The Balaban J connectivity index is 1.51. The van der Waals surface area contributed by atoms with Crippen molar-refractivity contribution in [3.8, 4) is 0 Å². The summed E-state index contributed by atoms with van der Waals surface area (Å²) >= 11 is 0. The van der Waals surface area contributed by atoms with Gasteiger partial charge >= 0.3 is 6.09 Å². The summed E-state index contributed by atoms with van der Waals surface area (Å²) in [7, 11) is 0. The maximum Gasteiger partial charge on any atom is 0.409 e.